The van der Waals surface area contributed by atoms with E-state index in [4.69, 9.17) is 14.2 Å². The number of aryl methyl sites for hydroxylation is 3. The first kappa shape index (κ1) is 27.7. The maximum atomic E-state index is 12.9. The van der Waals surface area contributed by atoms with Crippen molar-refractivity contribution in [3.05, 3.63) is 106 Å². The summed E-state index contributed by atoms with van der Waals surface area (Å²) in [5.41, 5.74) is 3.24. The Morgan fingerprint density at radius 3 is 1.22 bits per heavy atom. The standard InChI is InChI=1S/C31H34O6/c1-20-7-13-25(14-8-20)28(32)35-19-31(6,23(4)36-29(33)26-15-9-21(2)10-16-26)24(5)37-30(34)27-17-11-22(3)12-18-27/h7-18,23-24H,19H2,1-6H3. The van der Waals surface area contributed by atoms with Crippen LogP contribution in [0, 0.1) is 26.2 Å². The number of rotatable bonds is 9. The van der Waals surface area contributed by atoms with Gasteiger partial charge in [-0.2, -0.15) is 0 Å². The summed E-state index contributed by atoms with van der Waals surface area (Å²) in [7, 11) is 0. The maximum absolute atomic E-state index is 12.9. The molecular weight excluding hydrogens is 468 g/mol. The van der Waals surface area contributed by atoms with Gasteiger partial charge >= 0.3 is 17.9 Å². The van der Waals surface area contributed by atoms with Crippen LogP contribution in [0.2, 0.25) is 0 Å². The van der Waals surface area contributed by atoms with Crippen molar-refractivity contribution >= 4 is 17.9 Å². The van der Waals surface area contributed by atoms with Crippen LogP contribution in [0.1, 0.15) is 68.5 Å². The van der Waals surface area contributed by atoms with Crippen molar-refractivity contribution < 1.29 is 28.6 Å². The fourth-order valence-electron chi connectivity index (χ4n) is 3.66. The zero-order chi connectivity index (χ0) is 27.2. The average molecular weight is 503 g/mol. The van der Waals surface area contributed by atoms with Crippen molar-refractivity contribution in [2.24, 2.45) is 5.41 Å². The zero-order valence-electron chi connectivity index (χ0n) is 22.2. The van der Waals surface area contributed by atoms with Gasteiger partial charge in [-0.25, -0.2) is 14.4 Å². The van der Waals surface area contributed by atoms with E-state index in [1.165, 1.54) is 0 Å². The van der Waals surface area contributed by atoms with Crippen LogP contribution in [0.3, 0.4) is 0 Å². The third kappa shape index (κ3) is 7.06. The van der Waals surface area contributed by atoms with Crippen LogP contribution < -0.4 is 0 Å². The lowest BCUT2D eigenvalue weighted by Crippen LogP contribution is -2.48. The fraction of sp³-hybridized carbons (Fsp3) is 0.323. The lowest BCUT2D eigenvalue weighted by Gasteiger charge is -2.38. The molecule has 0 aliphatic rings. The van der Waals surface area contributed by atoms with E-state index in [2.05, 4.69) is 0 Å². The third-order valence-electron chi connectivity index (χ3n) is 6.80. The highest BCUT2D eigenvalue weighted by Gasteiger charge is 2.43. The second kappa shape index (κ2) is 11.9. The summed E-state index contributed by atoms with van der Waals surface area (Å²) in [6.07, 6.45) is -1.51. The van der Waals surface area contributed by atoms with Gasteiger partial charge in [-0.3, -0.25) is 0 Å². The van der Waals surface area contributed by atoms with Crippen LogP contribution >= 0.6 is 0 Å². The molecule has 3 aromatic rings. The lowest BCUT2D eigenvalue weighted by atomic mass is 9.80. The first-order valence-corrected chi connectivity index (χ1v) is 12.3. The highest BCUT2D eigenvalue weighted by atomic mass is 16.6. The van der Waals surface area contributed by atoms with E-state index in [0.29, 0.717) is 16.7 Å². The summed E-state index contributed by atoms with van der Waals surface area (Å²) in [4.78, 5) is 38.5. The van der Waals surface area contributed by atoms with E-state index in [1.54, 1.807) is 57.2 Å². The smallest absolute Gasteiger partial charge is 0.338 e. The van der Waals surface area contributed by atoms with Gasteiger partial charge in [0.25, 0.3) is 0 Å². The van der Waals surface area contributed by atoms with Crippen LogP contribution in [0.5, 0.6) is 0 Å². The molecule has 0 aliphatic carbocycles. The molecule has 2 atom stereocenters. The zero-order valence-corrected chi connectivity index (χ0v) is 22.2. The monoisotopic (exact) mass is 502 g/mol. The van der Waals surface area contributed by atoms with Gasteiger partial charge in [0.15, 0.2) is 0 Å². The van der Waals surface area contributed by atoms with Crippen molar-refractivity contribution in [2.75, 3.05) is 6.61 Å². The summed E-state index contributed by atoms with van der Waals surface area (Å²) >= 11 is 0. The number of hydrogen-bond donors (Lipinski definition) is 0. The molecule has 0 bridgehead atoms. The Hall–Kier alpha value is -3.93. The first-order valence-electron chi connectivity index (χ1n) is 12.3. The van der Waals surface area contributed by atoms with Gasteiger partial charge in [0.05, 0.1) is 22.1 Å². The van der Waals surface area contributed by atoms with E-state index < -0.39 is 35.5 Å². The Bertz CT molecular complexity index is 1160. The van der Waals surface area contributed by atoms with Crippen molar-refractivity contribution in [3.63, 3.8) is 0 Å². The molecule has 0 fully saturated rings. The van der Waals surface area contributed by atoms with Gasteiger partial charge in [0, 0.05) is 0 Å². The molecule has 6 heteroatoms. The summed E-state index contributed by atoms with van der Waals surface area (Å²) < 4.78 is 17.3. The van der Waals surface area contributed by atoms with Gasteiger partial charge < -0.3 is 14.2 Å². The SMILES string of the molecule is Cc1ccc(C(=O)OCC(C)(C(C)OC(=O)c2ccc(C)cc2)C(C)OC(=O)c2ccc(C)cc2)cc1. The Kier molecular flexibility index (Phi) is 8.87. The van der Waals surface area contributed by atoms with Crippen molar-refractivity contribution in [2.45, 2.75) is 53.8 Å². The van der Waals surface area contributed by atoms with Crippen LogP contribution in [0.25, 0.3) is 0 Å². The van der Waals surface area contributed by atoms with Crippen LogP contribution in [0.15, 0.2) is 72.8 Å². The Balaban J connectivity index is 1.80. The average Bonchev–Trinajstić information content (AvgIpc) is 2.88. The summed E-state index contributed by atoms with van der Waals surface area (Å²) in [5.74, 6) is -1.54. The summed E-state index contributed by atoms with van der Waals surface area (Å²) in [5, 5.41) is 0. The highest BCUT2D eigenvalue weighted by Crippen LogP contribution is 2.33. The molecule has 3 aromatic carbocycles. The van der Waals surface area contributed by atoms with Crippen molar-refractivity contribution in [1.82, 2.24) is 0 Å². The molecule has 0 amide bonds. The maximum Gasteiger partial charge on any atom is 0.338 e. The predicted molar refractivity (Wildman–Crippen MR) is 142 cm³/mol. The Morgan fingerprint density at radius 1 is 0.595 bits per heavy atom. The molecule has 0 aromatic heterocycles. The molecule has 2 unspecified atom stereocenters. The molecule has 0 aliphatic heterocycles. The number of carbonyl (C=O) groups excluding carboxylic acids is 3. The minimum absolute atomic E-state index is 0.135. The van der Waals surface area contributed by atoms with Gasteiger partial charge in [-0.05, 0) is 77.9 Å². The number of carbonyl (C=O) groups is 3. The number of hydrogen-bond acceptors (Lipinski definition) is 6. The van der Waals surface area contributed by atoms with Crippen LogP contribution in [0.4, 0.5) is 0 Å². The molecule has 0 heterocycles. The second-order valence-electron chi connectivity index (χ2n) is 9.78. The molecule has 0 saturated heterocycles. The number of esters is 3. The highest BCUT2D eigenvalue weighted by molar-refractivity contribution is 5.90. The first-order chi connectivity index (χ1) is 17.5. The van der Waals surface area contributed by atoms with Gasteiger partial charge in [-0.1, -0.05) is 53.1 Å². The third-order valence-corrected chi connectivity index (χ3v) is 6.80. The minimum Gasteiger partial charge on any atom is -0.461 e. The normalized spacial score (nSPS) is 14.1. The van der Waals surface area contributed by atoms with Crippen LogP contribution in [-0.2, 0) is 14.2 Å². The van der Waals surface area contributed by atoms with Gasteiger partial charge in [0.2, 0.25) is 0 Å². The van der Waals surface area contributed by atoms with Gasteiger partial charge in [0.1, 0.15) is 18.8 Å². The molecule has 3 rings (SSSR count). The molecule has 194 valence electrons. The molecule has 0 radical (unpaired) electrons. The van der Waals surface area contributed by atoms with E-state index in [9.17, 15) is 14.4 Å². The second-order valence-corrected chi connectivity index (χ2v) is 9.78. The van der Waals surface area contributed by atoms with Gasteiger partial charge in [-0.15, -0.1) is 0 Å². The summed E-state index contributed by atoms with van der Waals surface area (Å²) in [6.45, 7) is 10.9. The molecule has 0 spiro atoms. The molecule has 37 heavy (non-hydrogen) atoms. The Morgan fingerprint density at radius 2 is 0.892 bits per heavy atom. The quantitative estimate of drug-likeness (QED) is 0.254. The number of benzene rings is 3. The summed E-state index contributed by atoms with van der Waals surface area (Å²) in [6, 6.07) is 21.1. The minimum atomic E-state index is -1.04. The largest absolute Gasteiger partial charge is 0.461 e. The van der Waals surface area contributed by atoms with Crippen molar-refractivity contribution in [1.29, 1.82) is 0 Å². The molecule has 0 saturated carbocycles. The van der Waals surface area contributed by atoms with Crippen LogP contribution in [-0.4, -0.2) is 36.7 Å². The molecular formula is C31H34O6. The fourth-order valence-corrected chi connectivity index (χ4v) is 3.66. The molecule has 0 N–H and O–H groups in total. The van der Waals surface area contributed by atoms with E-state index in [-0.39, 0.29) is 6.61 Å². The molecule has 6 nitrogen and oxygen atoms in total. The topological polar surface area (TPSA) is 78.9 Å². The van der Waals surface area contributed by atoms with E-state index >= 15 is 0 Å². The van der Waals surface area contributed by atoms with E-state index in [0.717, 1.165) is 16.7 Å². The lowest BCUT2D eigenvalue weighted by molar-refractivity contribution is -0.0925. The predicted octanol–water partition coefficient (Wildman–Crippen LogP) is 6.27. The Labute approximate surface area is 218 Å². The van der Waals surface area contributed by atoms with Crippen molar-refractivity contribution in [3.8, 4) is 0 Å². The van der Waals surface area contributed by atoms with E-state index in [1.807, 2.05) is 57.2 Å². The number of ether oxygens (including phenoxy) is 3.